The van der Waals surface area contributed by atoms with Crippen molar-refractivity contribution >= 4 is 35.8 Å². The Balaban J connectivity index is 0.00000288. The van der Waals surface area contributed by atoms with Gasteiger partial charge in [-0.15, -0.1) is 24.0 Å². The minimum atomic E-state index is 0. The number of rotatable bonds is 6. The number of ether oxygens (including phenoxy) is 1. The molecule has 0 unspecified atom stereocenters. The average molecular weight is 447 g/mol. The third-order valence-electron chi connectivity index (χ3n) is 3.61. The van der Waals surface area contributed by atoms with Crippen molar-refractivity contribution in [2.24, 2.45) is 10.9 Å². The monoisotopic (exact) mass is 447 g/mol. The summed E-state index contributed by atoms with van der Waals surface area (Å²) >= 11 is 0. The van der Waals surface area contributed by atoms with Crippen LogP contribution in [0.15, 0.2) is 23.3 Å². The Morgan fingerprint density at radius 2 is 2.08 bits per heavy atom. The fourth-order valence-electron chi connectivity index (χ4n) is 2.42. The van der Waals surface area contributed by atoms with Crippen LogP contribution >= 0.6 is 24.0 Å². The fourth-order valence-corrected chi connectivity index (χ4v) is 2.42. The van der Waals surface area contributed by atoms with Crippen molar-refractivity contribution in [3.05, 3.63) is 23.9 Å². The summed E-state index contributed by atoms with van der Waals surface area (Å²) in [6, 6.07) is 4.08. The molecule has 1 aromatic heterocycles. The molecule has 24 heavy (non-hydrogen) atoms. The summed E-state index contributed by atoms with van der Waals surface area (Å²) in [6.45, 7) is 12.1. The van der Waals surface area contributed by atoms with E-state index < -0.39 is 0 Å². The van der Waals surface area contributed by atoms with Crippen LogP contribution in [0.4, 0.5) is 5.82 Å². The highest BCUT2D eigenvalue weighted by atomic mass is 127. The molecule has 1 fully saturated rings. The number of halogens is 1. The smallest absolute Gasteiger partial charge is 0.191 e. The first-order valence-electron chi connectivity index (χ1n) is 8.49. The van der Waals surface area contributed by atoms with Gasteiger partial charge < -0.3 is 20.3 Å². The second-order valence-electron chi connectivity index (χ2n) is 6.06. The zero-order valence-corrected chi connectivity index (χ0v) is 17.2. The molecule has 1 aromatic rings. The van der Waals surface area contributed by atoms with Gasteiger partial charge in [-0.3, -0.25) is 0 Å². The van der Waals surface area contributed by atoms with Crippen molar-refractivity contribution in [1.82, 2.24) is 15.6 Å². The lowest BCUT2D eigenvalue weighted by atomic mass is 10.2. The summed E-state index contributed by atoms with van der Waals surface area (Å²) in [6.07, 6.45) is 1.85. The maximum atomic E-state index is 5.43. The lowest BCUT2D eigenvalue weighted by Gasteiger charge is -2.29. The van der Waals surface area contributed by atoms with Crippen molar-refractivity contribution < 1.29 is 4.74 Å². The van der Waals surface area contributed by atoms with Crippen LogP contribution in [0.1, 0.15) is 26.3 Å². The van der Waals surface area contributed by atoms with Crippen LogP contribution in [0.2, 0.25) is 0 Å². The Bertz CT molecular complexity index is 504. The molecule has 7 heteroatoms. The van der Waals surface area contributed by atoms with Gasteiger partial charge >= 0.3 is 0 Å². The molecule has 0 aliphatic carbocycles. The van der Waals surface area contributed by atoms with Gasteiger partial charge in [0.1, 0.15) is 5.82 Å². The first kappa shape index (κ1) is 21.0. The van der Waals surface area contributed by atoms with E-state index >= 15 is 0 Å². The van der Waals surface area contributed by atoms with Gasteiger partial charge in [0.05, 0.1) is 19.8 Å². The summed E-state index contributed by atoms with van der Waals surface area (Å²) in [5.74, 6) is 2.47. The van der Waals surface area contributed by atoms with Crippen molar-refractivity contribution in [3.8, 4) is 0 Å². The highest BCUT2D eigenvalue weighted by Gasteiger charge is 2.15. The van der Waals surface area contributed by atoms with Crippen LogP contribution in [0.3, 0.4) is 0 Å². The summed E-state index contributed by atoms with van der Waals surface area (Å²) < 4.78 is 5.43. The average Bonchev–Trinajstić information content (AvgIpc) is 2.58. The molecule has 1 aliphatic heterocycles. The number of nitrogens with one attached hydrogen (secondary N) is 2. The first-order chi connectivity index (χ1) is 11.2. The van der Waals surface area contributed by atoms with Crippen LogP contribution in [-0.4, -0.2) is 50.3 Å². The van der Waals surface area contributed by atoms with E-state index in [2.05, 4.69) is 47.4 Å². The van der Waals surface area contributed by atoms with Crippen LogP contribution in [0.5, 0.6) is 0 Å². The zero-order valence-electron chi connectivity index (χ0n) is 14.9. The zero-order chi connectivity index (χ0) is 16.5. The summed E-state index contributed by atoms with van der Waals surface area (Å²) in [5, 5.41) is 6.67. The highest BCUT2D eigenvalue weighted by molar-refractivity contribution is 14.0. The Morgan fingerprint density at radius 3 is 2.75 bits per heavy atom. The SMILES string of the molecule is CCNC(=NCc1cccnc1N1CCOCC1)NCC(C)C.I. The number of guanidine groups is 1. The number of hydrogen-bond donors (Lipinski definition) is 2. The van der Waals surface area contributed by atoms with Gasteiger partial charge in [-0.1, -0.05) is 19.9 Å². The number of aromatic nitrogens is 1. The molecule has 1 aliphatic rings. The highest BCUT2D eigenvalue weighted by Crippen LogP contribution is 2.19. The number of nitrogens with zero attached hydrogens (tertiary/aromatic N) is 3. The number of hydrogen-bond acceptors (Lipinski definition) is 4. The first-order valence-corrected chi connectivity index (χ1v) is 8.49. The predicted octanol–water partition coefficient (Wildman–Crippen LogP) is 2.25. The molecule has 0 bridgehead atoms. The van der Waals surface area contributed by atoms with E-state index in [1.54, 1.807) is 0 Å². The van der Waals surface area contributed by atoms with Gasteiger partial charge in [0.15, 0.2) is 5.96 Å². The topological polar surface area (TPSA) is 61.8 Å². The Labute approximate surface area is 162 Å². The number of pyridine rings is 1. The number of aliphatic imine (C=N–C) groups is 1. The largest absolute Gasteiger partial charge is 0.378 e. The van der Waals surface area contributed by atoms with Crippen molar-refractivity contribution in [2.45, 2.75) is 27.3 Å². The molecular weight excluding hydrogens is 417 g/mol. The quantitative estimate of drug-likeness (QED) is 0.398. The normalized spacial score (nSPS) is 15.2. The molecule has 1 saturated heterocycles. The van der Waals surface area contributed by atoms with Gasteiger partial charge in [-0.2, -0.15) is 0 Å². The summed E-state index contributed by atoms with van der Waals surface area (Å²) in [7, 11) is 0. The fraction of sp³-hybridized carbons (Fsp3) is 0.647. The Hall–Kier alpha value is -1.09. The van der Waals surface area contributed by atoms with Crippen molar-refractivity contribution in [3.63, 3.8) is 0 Å². The number of anilines is 1. The van der Waals surface area contributed by atoms with E-state index in [1.807, 2.05) is 12.3 Å². The van der Waals surface area contributed by atoms with Crippen molar-refractivity contribution in [1.29, 1.82) is 0 Å². The van der Waals surface area contributed by atoms with E-state index in [-0.39, 0.29) is 24.0 Å². The second kappa shape index (κ2) is 11.5. The van der Waals surface area contributed by atoms with E-state index in [4.69, 9.17) is 9.73 Å². The van der Waals surface area contributed by atoms with Gasteiger partial charge in [-0.05, 0) is 18.9 Å². The lowest BCUT2D eigenvalue weighted by Crippen LogP contribution is -2.39. The van der Waals surface area contributed by atoms with E-state index in [9.17, 15) is 0 Å². The van der Waals surface area contributed by atoms with Crippen LogP contribution in [0.25, 0.3) is 0 Å². The predicted molar refractivity (Wildman–Crippen MR) is 110 cm³/mol. The molecule has 0 radical (unpaired) electrons. The molecule has 2 N–H and O–H groups in total. The minimum Gasteiger partial charge on any atom is -0.378 e. The third-order valence-corrected chi connectivity index (χ3v) is 3.61. The summed E-state index contributed by atoms with van der Waals surface area (Å²) in [4.78, 5) is 11.5. The molecule has 0 aromatic carbocycles. The second-order valence-corrected chi connectivity index (χ2v) is 6.06. The molecule has 0 amide bonds. The van der Waals surface area contributed by atoms with Crippen LogP contribution in [-0.2, 0) is 11.3 Å². The summed E-state index contributed by atoms with van der Waals surface area (Å²) in [5.41, 5.74) is 1.15. The van der Waals surface area contributed by atoms with Gasteiger partial charge in [0.25, 0.3) is 0 Å². The van der Waals surface area contributed by atoms with E-state index in [1.165, 1.54) is 0 Å². The van der Waals surface area contributed by atoms with Gasteiger partial charge in [0.2, 0.25) is 0 Å². The maximum Gasteiger partial charge on any atom is 0.191 e. The molecular formula is C17H30IN5O. The molecule has 0 spiro atoms. The maximum absolute atomic E-state index is 5.43. The lowest BCUT2D eigenvalue weighted by molar-refractivity contribution is 0.122. The van der Waals surface area contributed by atoms with Gasteiger partial charge in [0, 0.05) is 37.9 Å². The third kappa shape index (κ3) is 6.80. The molecule has 2 heterocycles. The molecule has 6 nitrogen and oxygen atoms in total. The molecule has 136 valence electrons. The van der Waals surface area contributed by atoms with Crippen LogP contribution in [0, 0.1) is 5.92 Å². The molecule has 0 atom stereocenters. The molecule has 0 saturated carbocycles. The van der Waals surface area contributed by atoms with Crippen molar-refractivity contribution in [2.75, 3.05) is 44.3 Å². The van der Waals surface area contributed by atoms with Crippen LogP contribution < -0.4 is 15.5 Å². The standard InChI is InChI=1S/C17H29N5O.HI/c1-4-18-17(20-12-14(2)3)21-13-15-6-5-7-19-16(15)22-8-10-23-11-9-22;/h5-7,14H,4,8-13H2,1-3H3,(H2,18,20,21);1H. The number of morpholine rings is 1. The Kier molecular flexibility index (Phi) is 10.0. The molecule has 2 rings (SSSR count). The van der Waals surface area contributed by atoms with E-state index in [0.717, 1.165) is 56.7 Å². The van der Waals surface area contributed by atoms with Gasteiger partial charge in [-0.25, -0.2) is 9.98 Å². The minimum absolute atomic E-state index is 0. The Morgan fingerprint density at radius 1 is 1.33 bits per heavy atom. The van der Waals surface area contributed by atoms with E-state index in [0.29, 0.717) is 12.5 Å².